The first-order valence-electron chi connectivity index (χ1n) is 15.8. The quantitative estimate of drug-likeness (QED) is 0.224. The molecule has 1 unspecified atom stereocenters. The van der Waals surface area contributed by atoms with E-state index in [1.165, 1.54) is 0 Å². The van der Waals surface area contributed by atoms with Crippen LogP contribution >= 0.6 is 11.3 Å². The van der Waals surface area contributed by atoms with Crippen molar-refractivity contribution >= 4 is 39.0 Å². The van der Waals surface area contributed by atoms with Crippen LogP contribution in [-0.2, 0) is 19.5 Å². The summed E-state index contributed by atoms with van der Waals surface area (Å²) in [5, 5.41) is 11.9. The average Bonchev–Trinajstić information content (AvgIpc) is 3.59. The number of benzene rings is 1. The van der Waals surface area contributed by atoms with E-state index in [4.69, 9.17) is 14.5 Å². The van der Waals surface area contributed by atoms with Crippen molar-refractivity contribution in [2.75, 3.05) is 11.9 Å². The Hall–Kier alpha value is -3.00. The molecule has 1 atom stereocenters. The first-order chi connectivity index (χ1) is 21.3. The van der Waals surface area contributed by atoms with Crippen molar-refractivity contribution in [1.29, 1.82) is 0 Å². The summed E-state index contributed by atoms with van der Waals surface area (Å²) in [6.07, 6.45) is 7.79. The van der Waals surface area contributed by atoms with Crippen LogP contribution in [0.5, 0.6) is 0 Å². The van der Waals surface area contributed by atoms with Gasteiger partial charge in [-0.1, -0.05) is 6.07 Å². The third kappa shape index (κ3) is 8.63. The molecule has 1 aromatic carbocycles. The molecule has 2 aromatic heterocycles. The molecule has 3 N–H and O–H groups in total. The molecule has 1 aliphatic carbocycles. The standard InChI is InChI=1S/C32H46N6O5S2/c1-20(2)43-31(39)35-23-12-10-22(11-13-23)30-33-21(3)29(44-30)25-15-14-24(19-26(25)45(40,41)37-32(4,5)6)34-27-16-17-38(36-27)28-9-7-8-18-42-28/h14-17,19-20,22-23,28,37H,7-13,18H2,1-6H3,(H,34,36)(H,35,39). The molecule has 0 radical (unpaired) electrons. The van der Waals surface area contributed by atoms with Gasteiger partial charge >= 0.3 is 6.09 Å². The molecule has 11 nitrogen and oxygen atoms in total. The van der Waals surface area contributed by atoms with Crippen LogP contribution in [0, 0.1) is 6.92 Å². The Balaban J connectivity index is 1.38. The number of hydrogen-bond acceptors (Lipinski definition) is 9. The van der Waals surface area contributed by atoms with Crippen molar-refractivity contribution in [2.45, 2.75) is 121 Å². The van der Waals surface area contributed by atoms with Gasteiger partial charge in [-0.15, -0.1) is 11.3 Å². The number of sulfonamides is 1. The summed E-state index contributed by atoms with van der Waals surface area (Å²) in [4.78, 5) is 18.0. The summed E-state index contributed by atoms with van der Waals surface area (Å²) in [7, 11) is -3.89. The van der Waals surface area contributed by atoms with E-state index in [1.54, 1.807) is 17.4 Å². The van der Waals surface area contributed by atoms with Gasteiger partial charge in [-0.3, -0.25) is 0 Å². The molecule has 2 fully saturated rings. The van der Waals surface area contributed by atoms with Crippen LogP contribution < -0.4 is 15.4 Å². The minimum Gasteiger partial charge on any atom is -0.447 e. The van der Waals surface area contributed by atoms with Gasteiger partial charge in [0, 0.05) is 47.6 Å². The number of ether oxygens (including phenoxy) is 2. The molecule has 45 heavy (non-hydrogen) atoms. The molecule has 1 amide bonds. The fourth-order valence-electron chi connectivity index (χ4n) is 5.85. The predicted octanol–water partition coefficient (Wildman–Crippen LogP) is 7.00. The van der Waals surface area contributed by atoms with Gasteiger partial charge in [0.15, 0.2) is 5.82 Å². The maximum Gasteiger partial charge on any atom is 0.407 e. The van der Waals surface area contributed by atoms with Gasteiger partial charge in [-0.25, -0.2) is 27.6 Å². The zero-order valence-electron chi connectivity index (χ0n) is 27.1. The summed E-state index contributed by atoms with van der Waals surface area (Å²) >= 11 is 1.55. The van der Waals surface area contributed by atoms with Crippen LogP contribution in [0.25, 0.3) is 10.4 Å². The lowest BCUT2D eigenvalue weighted by Crippen LogP contribution is -2.40. The topological polar surface area (TPSA) is 136 Å². The molecule has 1 saturated carbocycles. The monoisotopic (exact) mass is 658 g/mol. The van der Waals surface area contributed by atoms with Gasteiger partial charge in [0.2, 0.25) is 10.0 Å². The second kappa shape index (κ2) is 13.8. The molecular weight excluding hydrogens is 613 g/mol. The largest absolute Gasteiger partial charge is 0.447 e. The number of carbonyl (C=O) groups is 1. The van der Waals surface area contributed by atoms with E-state index in [9.17, 15) is 13.2 Å². The summed E-state index contributed by atoms with van der Waals surface area (Å²) in [5.74, 6) is 0.862. The second-order valence-corrected chi connectivity index (χ2v) is 16.0. The number of anilines is 2. The normalized spacial score (nSPS) is 21.1. The minimum atomic E-state index is -3.89. The predicted molar refractivity (Wildman–Crippen MR) is 176 cm³/mol. The highest BCUT2D eigenvalue weighted by atomic mass is 32.2. The van der Waals surface area contributed by atoms with E-state index < -0.39 is 15.6 Å². The van der Waals surface area contributed by atoms with Crippen molar-refractivity contribution in [2.24, 2.45) is 0 Å². The molecule has 3 aromatic rings. The lowest BCUT2D eigenvalue weighted by molar-refractivity contribution is -0.0393. The second-order valence-electron chi connectivity index (χ2n) is 13.3. The molecule has 246 valence electrons. The Morgan fingerprint density at radius 3 is 2.53 bits per heavy atom. The van der Waals surface area contributed by atoms with Gasteiger partial charge < -0.3 is 20.1 Å². The van der Waals surface area contributed by atoms with Crippen LogP contribution in [0.4, 0.5) is 16.3 Å². The number of amides is 1. The number of alkyl carbamates (subject to hydrolysis) is 1. The zero-order chi connectivity index (χ0) is 32.4. The third-order valence-electron chi connectivity index (χ3n) is 7.84. The Kier molecular flexibility index (Phi) is 10.2. The first-order valence-corrected chi connectivity index (χ1v) is 18.1. The van der Waals surface area contributed by atoms with Gasteiger partial charge in [0.25, 0.3) is 0 Å². The Labute approximate surface area is 270 Å². The molecule has 0 bridgehead atoms. The highest BCUT2D eigenvalue weighted by Gasteiger charge is 2.30. The van der Waals surface area contributed by atoms with Crippen molar-refractivity contribution in [1.82, 2.24) is 24.8 Å². The van der Waals surface area contributed by atoms with E-state index in [0.717, 1.165) is 67.1 Å². The number of nitrogens with one attached hydrogen (secondary N) is 3. The summed E-state index contributed by atoms with van der Waals surface area (Å²) < 4.78 is 43.4. The van der Waals surface area contributed by atoms with Gasteiger partial charge in [-0.05, 0) is 98.6 Å². The first kappa shape index (κ1) is 33.4. The number of rotatable bonds is 9. The SMILES string of the molecule is Cc1nc(C2CCC(NC(=O)OC(C)C)CC2)sc1-c1ccc(Nc2ccn(C3CCCCO3)n2)cc1S(=O)(=O)NC(C)(C)C. The Morgan fingerprint density at radius 1 is 1.11 bits per heavy atom. The third-order valence-corrected chi connectivity index (χ3v) is 11.0. The maximum absolute atomic E-state index is 13.8. The molecule has 5 rings (SSSR count). The number of aromatic nitrogens is 3. The highest BCUT2D eigenvalue weighted by molar-refractivity contribution is 7.89. The number of aryl methyl sites for hydroxylation is 1. The van der Waals surface area contributed by atoms with Crippen LogP contribution in [0.3, 0.4) is 0 Å². The summed E-state index contributed by atoms with van der Waals surface area (Å²) in [5.41, 5.74) is 1.37. The number of hydrogen-bond donors (Lipinski definition) is 3. The average molecular weight is 659 g/mol. The summed E-state index contributed by atoms with van der Waals surface area (Å²) in [6.45, 7) is 11.8. The zero-order valence-corrected chi connectivity index (χ0v) is 28.7. The fourth-order valence-corrected chi connectivity index (χ4v) is 8.85. The summed E-state index contributed by atoms with van der Waals surface area (Å²) in [6, 6.07) is 7.35. The van der Waals surface area contributed by atoms with Crippen LogP contribution in [0.2, 0.25) is 0 Å². The molecular formula is C32H46N6O5S2. The minimum absolute atomic E-state index is 0.0786. The molecule has 3 heterocycles. The van der Waals surface area contributed by atoms with Crippen LogP contribution in [0.15, 0.2) is 35.4 Å². The van der Waals surface area contributed by atoms with E-state index >= 15 is 0 Å². The van der Waals surface area contributed by atoms with Crippen LogP contribution in [-0.4, -0.2) is 53.6 Å². The van der Waals surface area contributed by atoms with Crippen LogP contribution in [0.1, 0.15) is 102 Å². The Morgan fingerprint density at radius 2 is 1.87 bits per heavy atom. The molecule has 0 spiro atoms. The smallest absolute Gasteiger partial charge is 0.407 e. The van der Waals surface area contributed by atoms with E-state index in [-0.39, 0.29) is 35.3 Å². The maximum atomic E-state index is 13.8. The van der Waals surface area contributed by atoms with E-state index in [2.05, 4.69) is 20.5 Å². The van der Waals surface area contributed by atoms with E-state index in [0.29, 0.717) is 17.1 Å². The van der Waals surface area contributed by atoms with Crippen molar-refractivity contribution in [3.63, 3.8) is 0 Å². The van der Waals surface area contributed by atoms with Crippen molar-refractivity contribution in [3.8, 4) is 10.4 Å². The number of nitrogens with zero attached hydrogens (tertiary/aromatic N) is 3. The van der Waals surface area contributed by atoms with E-state index in [1.807, 2.05) is 70.6 Å². The molecule has 1 saturated heterocycles. The number of carbonyl (C=O) groups excluding carboxylic acids is 1. The molecule has 1 aliphatic heterocycles. The highest BCUT2D eigenvalue weighted by Crippen LogP contribution is 2.42. The molecule has 13 heteroatoms. The van der Waals surface area contributed by atoms with Gasteiger partial charge in [0.05, 0.1) is 26.6 Å². The lowest BCUT2D eigenvalue weighted by atomic mass is 9.86. The Bertz CT molecular complexity index is 1580. The van der Waals surface area contributed by atoms with Gasteiger partial charge in [-0.2, -0.15) is 5.10 Å². The number of thiazole rings is 1. The van der Waals surface area contributed by atoms with Crippen molar-refractivity contribution in [3.05, 3.63) is 41.2 Å². The fraction of sp³-hybridized carbons (Fsp3) is 0.594. The lowest BCUT2D eigenvalue weighted by Gasteiger charge is -2.28. The van der Waals surface area contributed by atoms with Crippen molar-refractivity contribution < 1.29 is 22.7 Å². The molecule has 2 aliphatic rings. The van der Waals surface area contributed by atoms with Gasteiger partial charge in [0.1, 0.15) is 6.23 Å².